The summed E-state index contributed by atoms with van der Waals surface area (Å²) in [6, 6.07) is 15.3. The standard InChI is InChI=1S/C23H23N5O2S/c1-4-28-22(30)17-7-5-6-8-18(17)25-23(28)27-26-20(29)13-19-21(24-15(3)31-19)16-11-9-14(2)10-12-16/h5-12H,4,13H2,1-3H3,(H,25,27)(H,26,29). The number of anilines is 1. The monoisotopic (exact) mass is 433 g/mol. The van der Waals surface area contributed by atoms with Crippen LogP contribution in [0.1, 0.15) is 22.4 Å². The lowest BCUT2D eigenvalue weighted by Crippen LogP contribution is -2.35. The molecule has 7 nitrogen and oxygen atoms in total. The molecular formula is C23H23N5O2S. The first-order valence-corrected chi connectivity index (χ1v) is 10.9. The SMILES string of the molecule is CCn1c(NNC(=O)Cc2sc(C)nc2-c2ccc(C)cc2)nc2ccccc2c1=O. The van der Waals surface area contributed by atoms with Crippen LogP contribution in [-0.4, -0.2) is 20.4 Å². The molecule has 1 amide bonds. The fourth-order valence-corrected chi connectivity index (χ4v) is 4.36. The van der Waals surface area contributed by atoms with E-state index >= 15 is 0 Å². The van der Waals surface area contributed by atoms with Gasteiger partial charge >= 0.3 is 0 Å². The second kappa shape index (κ2) is 8.69. The molecule has 0 bridgehead atoms. The van der Waals surface area contributed by atoms with Crippen molar-refractivity contribution < 1.29 is 4.79 Å². The summed E-state index contributed by atoms with van der Waals surface area (Å²) in [4.78, 5) is 35.4. The number of hydrazine groups is 1. The van der Waals surface area contributed by atoms with Crippen LogP contribution in [0.15, 0.2) is 53.3 Å². The summed E-state index contributed by atoms with van der Waals surface area (Å²) in [6.07, 6.45) is 0.172. The molecule has 0 aliphatic carbocycles. The first-order valence-electron chi connectivity index (χ1n) is 10.0. The topological polar surface area (TPSA) is 88.9 Å². The van der Waals surface area contributed by atoms with Crippen LogP contribution in [0.25, 0.3) is 22.2 Å². The van der Waals surface area contributed by atoms with Crippen molar-refractivity contribution in [1.29, 1.82) is 0 Å². The predicted octanol–water partition coefficient (Wildman–Crippen LogP) is 3.84. The third-order valence-electron chi connectivity index (χ3n) is 4.94. The van der Waals surface area contributed by atoms with Crippen molar-refractivity contribution in [2.45, 2.75) is 33.7 Å². The molecule has 0 aliphatic rings. The normalized spacial score (nSPS) is 10.9. The van der Waals surface area contributed by atoms with Gasteiger partial charge in [-0.15, -0.1) is 11.3 Å². The average molecular weight is 434 g/mol. The minimum Gasteiger partial charge on any atom is -0.277 e. The maximum atomic E-state index is 12.7. The summed E-state index contributed by atoms with van der Waals surface area (Å²) in [6.45, 7) is 6.26. The van der Waals surface area contributed by atoms with Gasteiger partial charge in [0.1, 0.15) is 0 Å². The Hall–Kier alpha value is -3.52. The summed E-state index contributed by atoms with van der Waals surface area (Å²) in [5.74, 6) is 0.0702. The number of aryl methyl sites for hydroxylation is 2. The van der Waals surface area contributed by atoms with Gasteiger partial charge in [-0.2, -0.15) is 0 Å². The molecule has 0 unspecified atom stereocenters. The van der Waals surface area contributed by atoms with E-state index in [4.69, 9.17) is 0 Å². The third kappa shape index (κ3) is 4.34. The van der Waals surface area contributed by atoms with E-state index in [0.717, 1.165) is 21.1 Å². The lowest BCUT2D eigenvalue weighted by molar-refractivity contribution is -0.119. The molecule has 2 aromatic carbocycles. The Labute approximate surface area is 183 Å². The quantitative estimate of drug-likeness (QED) is 0.451. The van der Waals surface area contributed by atoms with E-state index in [0.29, 0.717) is 23.4 Å². The van der Waals surface area contributed by atoms with E-state index < -0.39 is 0 Å². The first kappa shape index (κ1) is 20.7. The van der Waals surface area contributed by atoms with Crippen LogP contribution < -0.4 is 16.4 Å². The Morgan fingerprint density at radius 1 is 1.06 bits per heavy atom. The molecular weight excluding hydrogens is 410 g/mol. The van der Waals surface area contributed by atoms with Crippen molar-refractivity contribution >= 4 is 34.1 Å². The Morgan fingerprint density at radius 3 is 2.55 bits per heavy atom. The van der Waals surface area contributed by atoms with Crippen molar-refractivity contribution in [3.63, 3.8) is 0 Å². The number of benzene rings is 2. The molecule has 0 spiro atoms. The molecule has 0 aliphatic heterocycles. The summed E-state index contributed by atoms with van der Waals surface area (Å²) in [5, 5.41) is 1.45. The molecule has 2 aromatic heterocycles. The van der Waals surface area contributed by atoms with E-state index in [1.807, 2.05) is 57.2 Å². The zero-order valence-corrected chi connectivity index (χ0v) is 18.4. The summed E-state index contributed by atoms with van der Waals surface area (Å²) in [7, 11) is 0. The number of aromatic nitrogens is 3. The number of thiazole rings is 1. The number of nitrogens with one attached hydrogen (secondary N) is 2. The molecule has 158 valence electrons. The molecule has 0 fully saturated rings. The molecule has 31 heavy (non-hydrogen) atoms. The highest BCUT2D eigenvalue weighted by Crippen LogP contribution is 2.28. The number of nitrogens with zero attached hydrogens (tertiary/aromatic N) is 3. The van der Waals surface area contributed by atoms with E-state index in [2.05, 4.69) is 20.8 Å². The third-order valence-corrected chi connectivity index (χ3v) is 5.91. The number of para-hydroxylation sites is 1. The number of fused-ring (bicyclic) bond motifs is 1. The van der Waals surface area contributed by atoms with Gasteiger partial charge in [-0.1, -0.05) is 42.0 Å². The van der Waals surface area contributed by atoms with Crippen molar-refractivity contribution in [2.75, 3.05) is 5.43 Å². The van der Waals surface area contributed by atoms with Crippen LogP contribution in [-0.2, 0) is 17.8 Å². The Kier molecular flexibility index (Phi) is 5.81. The van der Waals surface area contributed by atoms with Gasteiger partial charge in [0.2, 0.25) is 11.9 Å². The van der Waals surface area contributed by atoms with Gasteiger partial charge in [0, 0.05) is 17.0 Å². The maximum Gasteiger partial charge on any atom is 0.262 e. The summed E-state index contributed by atoms with van der Waals surface area (Å²) in [5.41, 5.74) is 8.92. The van der Waals surface area contributed by atoms with Crippen molar-refractivity contribution in [2.24, 2.45) is 0 Å². The fourth-order valence-electron chi connectivity index (χ4n) is 3.40. The van der Waals surface area contributed by atoms with Crippen LogP contribution in [0.4, 0.5) is 5.95 Å². The molecule has 0 atom stereocenters. The molecule has 2 heterocycles. The maximum absolute atomic E-state index is 12.7. The van der Waals surface area contributed by atoms with Gasteiger partial charge in [-0.05, 0) is 32.9 Å². The zero-order chi connectivity index (χ0) is 22.0. The molecule has 0 radical (unpaired) electrons. The minimum atomic E-state index is -0.234. The fraction of sp³-hybridized carbons (Fsp3) is 0.217. The van der Waals surface area contributed by atoms with Crippen LogP contribution in [0.5, 0.6) is 0 Å². The van der Waals surface area contributed by atoms with Crippen LogP contribution in [0.3, 0.4) is 0 Å². The van der Waals surface area contributed by atoms with E-state index in [1.165, 1.54) is 21.5 Å². The van der Waals surface area contributed by atoms with Gasteiger partial charge in [0.25, 0.3) is 5.56 Å². The highest BCUT2D eigenvalue weighted by atomic mass is 32.1. The molecule has 0 saturated carbocycles. The van der Waals surface area contributed by atoms with E-state index in [1.54, 1.807) is 12.1 Å². The zero-order valence-electron chi connectivity index (χ0n) is 17.6. The largest absolute Gasteiger partial charge is 0.277 e. The number of hydrogen-bond donors (Lipinski definition) is 2. The lowest BCUT2D eigenvalue weighted by atomic mass is 10.1. The Morgan fingerprint density at radius 2 is 1.81 bits per heavy atom. The Balaban J connectivity index is 1.53. The van der Waals surface area contributed by atoms with Gasteiger partial charge in [0.05, 0.1) is 28.0 Å². The second-order valence-electron chi connectivity index (χ2n) is 7.22. The van der Waals surface area contributed by atoms with Gasteiger partial charge in [-0.25, -0.2) is 9.97 Å². The minimum absolute atomic E-state index is 0.149. The molecule has 8 heteroatoms. The predicted molar refractivity (Wildman–Crippen MR) is 124 cm³/mol. The van der Waals surface area contributed by atoms with Gasteiger partial charge in [0.15, 0.2) is 0 Å². The number of carbonyl (C=O) groups is 1. The van der Waals surface area contributed by atoms with Gasteiger partial charge in [-0.3, -0.25) is 25.0 Å². The smallest absolute Gasteiger partial charge is 0.262 e. The van der Waals surface area contributed by atoms with Crippen molar-refractivity contribution in [3.8, 4) is 11.3 Å². The van der Waals surface area contributed by atoms with Gasteiger partial charge < -0.3 is 0 Å². The molecule has 4 aromatic rings. The number of amides is 1. The first-order chi connectivity index (χ1) is 15.0. The van der Waals surface area contributed by atoms with Crippen molar-refractivity contribution in [3.05, 3.63) is 74.3 Å². The van der Waals surface area contributed by atoms with Crippen molar-refractivity contribution in [1.82, 2.24) is 20.0 Å². The highest BCUT2D eigenvalue weighted by molar-refractivity contribution is 7.12. The van der Waals surface area contributed by atoms with E-state index in [9.17, 15) is 9.59 Å². The lowest BCUT2D eigenvalue weighted by Gasteiger charge is -2.14. The molecule has 2 N–H and O–H groups in total. The molecule has 0 saturated heterocycles. The number of rotatable bonds is 6. The van der Waals surface area contributed by atoms with Crippen LogP contribution in [0.2, 0.25) is 0 Å². The number of carbonyl (C=O) groups excluding carboxylic acids is 1. The highest BCUT2D eigenvalue weighted by Gasteiger charge is 2.16. The average Bonchev–Trinajstić information content (AvgIpc) is 3.12. The molecule has 4 rings (SSSR count). The number of hydrogen-bond acceptors (Lipinski definition) is 6. The van der Waals surface area contributed by atoms with Crippen LogP contribution >= 0.6 is 11.3 Å². The van der Waals surface area contributed by atoms with Crippen LogP contribution in [0, 0.1) is 13.8 Å². The second-order valence-corrected chi connectivity index (χ2v) is 8.51. The van der Waals surface area contributed by atoms with E-state index in [-0.39, 0.29) is 17.9 Å². The Bertz CT molecular complexity index is 1310. The summed E-state index contributed by atoms with van der Waals surface area (Å²) < 4.78 is 1.50. The summed E-state index contributed by atoms with van der Waals surface area (Å²) >= 11 is 1.50.